The molecule has 0 fully saturated rings. The van der Waals surface area contributed by atoms with Gasteiger partial charge in [0, 0.05) is 25.4 Å². The van der Waals surface area contributed by atoms with Crippen LogP contribution in [0.1, 0.15) is 32.6 Å². The Bertz CT molecular complexity index is 721. The van der Waals surface area contributed by atoms with Crippen molar-refractivity contribution in [3.05, 3.63) is 39.2 Å². The molecule has 0 unspecified atom stereocenters. The first-order valence-electron chi connectivity index (χ1n) is 7.56. The van der Waals surface area contributed by atoms with Crippen LogP contribution in [-0.2, 0) is 17.7 Å². The summed E-state index contributed by atoms with van der Waals surface area (Å²) in [5, 5.41) is 9.51. The van der Waals surface area contributed by atoms with E-state index in [0.717, 1.165) is 23.7 Å². The summed E-state index contributed by atoms with van der Waals surface area (Å²) in [5.41, 5.74) is 1.51. The fourth-order valence-corrected chi connectivity index (χ4v) is 2.81. The summed E-state index contributed by atoms with van der Waals surface area (Å²) in [6.07, 6.45) is 0.831. The number of ether oxygens (including phenoxy) is 1. The lowest BCUT2D eigenvalue weighted by molar-refractivity contribution is 0.0599. The van der Waals surface area contributed by atoms with Gasteiger partial charge in [0.05, 0.1) is 24.4 Å². The molecule has 7 nitrogen and oxygen atoms in total. The molecular formula is C16H22N4O3S. The monoisotopic (exact) mass is 350 g/mol. The van der Waals surface area contributed by atoms with Gasteiger partial charge >= 0.3 is 5.97 Å². The van der Waals surface area contributed by atoms with E-state index in [2.05, 4.69) is 26.0 Å². The molecule has 2 N–H and O–H groups in total. The van der Waals surface area contributed by atoms with Crippen LogP contribution >= 0.6 is 11.3 Å². The molecule has 0 bridgehead atoms. The van der Waals surface area contributed by atoms with Crippen molar-refractivity contribution in [2.45, 2.75) is 26.8 Å². The molecule has 24 heavy (non-hydrogen) atoms. The average Bonchev–Trinajstić information content (AvgIpc) is 3.15. The molecule has 130 valence electrons. The second-order valence-corrected chi connectivity index (χ2v) is 6.20. The molecule has 0 spiro atoms. The molecule has 2 aromatic heterocycles. The molecule has 0 radical (unpaired) electrons. The highest BCUT2D eigenvalue weighted by Crippen LogP contribution is 2.15. The lowest BCUT2D eigenvalue weighted by Crippen LogP contribution is -2.37. The highest BCUT2D eigenvalue weighted by atomic mass is 32.1. The molecule has 0 saturated carbocycles. The highest BCUT2D eigenvalue weighted by Gasteiger charge is 2.15. The number of aliphatic imine (C=N–C) groups is 1. The molecule has 0 aliphatic heterocycles. The maximum atomic E-state index is 11.6. The fourth-order valence-electron chi connectivity index (χ4n) is 2.17. The van der Waals surface area contributed by atoms with E-state index in [1.165, 1.54) is 7.11 Å². The molecule has 0 aliphatic carbocycles. The van der Waals surface area contributed by atoms with Gasteiger partial charge in [-0.15, -0.1) is 11.3 Å². The molecule has 2 heterocycles. The number of guanidine groups is 1. The number of esters is 1. The molecular weight excluding hydrogens is 328 g/mol. The number of furan rings is 1. The minimum atomic E-state index is -0.399. The molecule has 0 aromatic carbocycles. The number of nitrogens with zero attached hydrogens (tertiary/aromatic N) is 2. The van der Waals surface area contributed by atoms with Gasteiger partial charge in [0.1, 0.15) is 17.1 Å². The van der Waals surface area contributed by atoms with Crippen molar-refractivity contribution in [1.29, 1.82) is 0 Å². The zero-order valence-corrected chi connectivity index (χ0v) is 15.1. The zero-order chi connectivity index (χ0) is 17.5. The van der Waals surface area contributed by atoms with Crippen molar-refractivity contribution in [2.75, 3.05) is 20.7 Å². The first-order chi connectivity index (χ1) is 11.5. The largest absolute Gasteiger partial charge is 0.465 e. The Labute approximate surface area is 145 Å². The Kier molecular flexibility index (Phi) is 6.36. The lowest BCUT2D eigenvalue weighted by Gasteiger charge is -2.10. The number of nitrogens with one attached hydrogen (secondary N) is 2. The normalized spacial score (nSPS) is 11.4. The van der Waals surface area contributed by atoms with Crippen LogP contribution in [0.4, 0.5) is 0 Å². The number of hydrogen-bond donors (Lipinski definition) is 2. The van der Waals surface area contributed by atoms with Gasteiger partial charge in [-0.25, -0.2) is 9.78 Å². The van der Waals surface area contributed by atoms with Crippen molar-refractivity contribution >= 4 is 23.3 Å². The number of hydrogen-bond acceptors (Lipinski definition) is 6. The van der Waals surface area contributed by atoms with Crippen molar-refractivity contribution in [2.24, 2.45) is 4.99 Å². The maximum Gasteiger partial charge on any atom is 0.341 e. The molecule has 0 atom stereocenters. The van der Waals surface area contributed by atoms with Crippen molar-refractivity contribution in [1.82, 2.24) is 15.6 Å². The molecule has 0 saturated heterocycles. The topological polar surface area (TPSA) is 88.8 Å². The van der Waals surface area contributed by atoms with Gasteiger partial charge in [-0.2, -0.15) is 0 Å². The summed E-state index contributed by atoms with van der Waals surface area (Å²) in [7, 11) is 3.05. The lowest BCUT2D eigenvalue weighted by atomic mass is 10.2. The van der Waals surface area contributed by atoms with Crippen LogP contribution in [0, 0.1) is 13.8 Å². The van der Waals surface area contributed by atoms with Gasteiger partial charge in [-0.1, -0.05) is 0 Å². The quantitative estimate of drug-likeness (QED) is 0.471. The molecule has 0 aliphatic rings. The van der Waals surface area contributed by atoms with Gasteiger partial charge in [0.15, 0.2) is 5.96 Å². The third kappa shape index (κ3) is 4.82. The second-order valence-electron chi connectivity index (χ2n) is 5.13. The van der Waals surface area contributed by atoms with Crippen molar-refractivity contribution < 1.29 is 13.9 Å². The van der Waals surface area contributed by atoms with Crippen LogP contribution in [0.3, 0.4) is 0 Å². The van der Waals surface area contributed by atoms with E-state index in [1.807, 2.05) is 6.92 Å². The summed E-state index contributed by atoms with van der Waals surface area (Å²) in [6, 6.07) is 1.68. The Balaban J connectivity index is 1.82. The van der Waals surface area contributed by atoms with Crippen LogP contribution in [0.5, 0.6) is 0 Å². The SMILES string of the molecule is CN=C(NCCc1csc(C)n1)NCc1cc(C(=O)OC)c(C)o1. The Morgan fingerprint density at radius 3 is 2.83 bits per heavy atom. The molecule has 2 rings (SSSR count). The van der Waals surface area contributed by atoms with Crippen LogP contribution in [0.2, 0.25) is 0 Å². The third-order valence-electron chi connectivity index (χ3n) is 3.37. The van der Waals surface area contributed by atoms with Crippen molar-refractivity contribution in [3.8, 4) is 0 Å². The van der Waals surface area contributed by atoms with Crippen LogP contribution in [0.25, 0.3) is 0 Å². The van der Waals surface area contributed by atoms with Gasteiger partial charge in [0.25, 0.3) is 0 Å². The molecule has 8 heteroatoms. The molecule has 2 aromatic rings. The van der Waals surface area contributed by atoms with Crippen LogP contribution < -0.4 is 10.6 Å². The van der Waals surface area contributed by atoms with E-state index in [1.54, 1.807) is 31.4 Å². The number of thiazole rings is 1. The van der Waals surface area contributed by atoms with E-state index >= 15 is 0 Å². The molecule has 0 amide bonds. The second kappa shape index (κ2) is 8.49. The third-order valence-corrected chi connectivity index (χ3v) is 4.19. The van der Waals surface area contributed by atoms with Gasteiger partial charge < -0.3 is 19.8 Å². The predicted octanol–water partition coefficient (Wildman–Crippen LogP) is 2.05. The summed E-state index contributed by atoms with van der Waals surface area (Å²) in [5.74, 6) is 1.45. The highest BCUT2D eigenvalue weighted by molar-refractivity contribution is 7.09. The maximum absolute atomic E-state index is 11.6. The number of rotatable bonds is 6. The number of carbonyl (C=O) groups is 1. The Morgan fingerprint density at radius 1 is 1.42 bits per heavy atom. The number of carbonyl (C=O) groups excluding carboxylic acids is 1. The number of aryl methyl sites for hydroxylation is 2. The van der Waals surface area contributed by atoms with Crippen molar-refractivity contribution in [3.63, 3.8) is 0 Å². The minimum Gasteiger partial charge on any atom is -0.465 e. The summed E-state index contributed by atoms with van der Waals surface area (Å²) in [4.78, 5) is 20.2. The minimum absolute atomic E-state index is 0.399. The standard InChI is InChI=1S/C16H22N4O3S/c1-10-14(15(21)22-4)7-13(23-10)8-19-16(17-3)18-6-5-12-9-24-11(2)20-12/h7,9H,5-6,8H2,1-4H3,(H2,17,18,19). The Hall–Kier alpha value is -2.35. The van der Waals surface area contributed by atoms with E-state index in [0.29, 0.717) is 29.6 Å². The Morgan fingerprint density at radius 2 is 2.21 bits per heavy atom. The smallest absolute Gasteiger partial charge is 0.341 e. The number of methoxy groups -OCH3 is 1. The summed E-state index contributed by atoms with van der Waals surface area (Å²) in [6.45, 7) is 4.88. The first kappa shape index (κ1) is 18.0. The summed E-state index contributed by atoms with van der Waals surface area (Å²) < 4.78 is 10.3. The zero-order valence-electron chi connectivity index (χ0n) is 14.3. The van der Waals surface area contributed by atoms with Gasteiger partial charge in [0.2, 0.25) is 0 Å². The van der Waals surface area contributed by atoms with Crippen LogP contribution in [-0.4, -0.2) is 37.6 Å². The predicted molar refractivity (Wildman–Crippen MR) is 93.5 cm³/mol. The van der Waals surface area contributed by atoms with E-state index in [-0.39, 0.29) is 0 Å². The van der Waals surface area contributed by atoms with E-state index in [9.17, 15) is 4.79 Å². The fraction of sp³-hybridized carbons (Fsp3) is 0.438. The van der Waals surface area contributed by atoms with E-state index < -0.39 is 5.97 Å². The van der Waals surface area contributed by atoms with Crippen LogP contribution in [0.15, 0.2) is 20.9 Å². The first-order valence-corrected chi connectivity index (χ1v) is 8.44. The number of aromatic nitrogens is 1. The van der Waals surface area contributed by atoms with Gasteiger partial charge in [-0.3, -0.25) is 4.99 Å². The van der Waals surface area contributed by atoms with E-state index in [4.69, 9.17) is 9.15 Å². The van der Waals surface area contributed by atoms with Gasteiger partial charge in [-0.05, 0) is 19.9 Å². The average molecular weight is 350 g/mol. The summed E-state index contributed by atoms with van der Waals surface area (Å²) >= 11 is 1.65.